The molecule has 1 aliphatic rings. The Kier molecular flexibility index (Phi) is 6.98. The lowest BCUT2D eigenvalue weighted by molar-refractivity contribution is 0.239. The molecule has 22 heavy (non-hydrogen) atoms. The standard InChI is InChI=1S/C20H32N2/c1-18(2)8-7-9-19(3)12-13-21-14-16-22(17-15-21)20-10-5-4-6-11-20/h4-6,8,10-11,19H,7,9,12-17H2,1-3H3. The fourth-order valence-corrected chi connectivity index (χ4v) is 3.07. The van der Waals surface area contributed by atoms with Crippen LogP contribution in [-0.4, -0.2) is 37.6 Å². The molecule has 122 valence electrons. The number of benzene rings is 1. The molecule has 1 aromatic carbocycles. The molecule has 2 heteroatoms. The third-order valence-electron chi connectivity index (χ3n) is 4.64. The summed E-state index contributed by atoms with van der Waals surface area (Å²) in [6.45, 7) is 12.8. The maximum Gasteiger partial charge on any atom is 0.0367 e. The largest absolute Gasteiger partial charge is 0.369 e. The maximum atomic E-state index is 2.64. The van der Waals surface area contributed by atoms with E-state index in [0.29, 0.717) is 0 Å². The molecule has 0 spiro atoms. The van der Waals surface area contributed by atoms with E-state index in [2.05, 4.69) is 67.0 Å². The summed E-state index contributed by atoms with van der Waals surface area (Å²) in [5.74, 6) is 0.836. The number of hydrogen-bond acceptors (Lipinski definition) is 2. The highest BCUT2D eigenvalue weighted by atomic mass is 15.3. The number of allylic oxidation sites excluding steroid dienone is 2. The van der Waals surface area contributed by atoms with Crippen LogP contribution in [0.1, 0.15) is 40.0 Å². The van der Waals surface area contributed by atoms with Crippen LogP contribution < -0.4 is 4.90 Å². The van der Waals surface area contributed by atoms with Crippen LogP contribution in [0.4, 0.5) is 5.69 Å². The lowest BCUT2D eigenvalue weighted by Gasteiger charge is -2.36. The third kappa shape index (κ3) is 5.84. The van der Waals surface area contributed by atoms with Crippen molar-refractivity contribution in [1.29, 1.82) is 0 Å². The Morgan fingerprint density at radius 2 is 1.73 bits per heavy atom. The second-order valence-electron chi connectivity index (χ2n) is 6.92. The Bertz CT molecular complexity index is 440. The van der Waals surface area contributed by atoms with Gasteiger partial charge in [0, 0.05) is 31.9 Å². The number of anilines is 1. The molecule has 1 unspecified atom stereocenters. The third-order valence-corrected chi connectivity index (χ3v) is 4.64. The van der Waals surface area contributed by atoms with E-state index in [1.54, 1.807) is 0 Å². The zero-order chi connectivity index (χ0) is 15.8. The Balaban J connectivity index is 1.64. The van der Waals surface area contributed by atoms with E-state index < -0.39 is 0 Å². The van der Waals surface area contributed by atoms with Crippen molar-refractivity contribution in [3.63, 3.8) is 0 Å². The molecule has 0 aromatic heterocycles. The Hall–Kier alpha value is -1.28. The SMILES string of the molecule is CC(C)=CCCC(C)CCN1CCN(c2ccccc2)CC1. The molecular weight excluding hydrogens is 268 g/mol. The Morgan fingerprint density at radius 3 is 2.36 bits per heavy atom. The van der Waals surface area contributed by atoms with Gasteiger partial charge in [-0.25, -0.2) is 0 Å². The number of rotatable bonds is 7. The van der Waals surface area contributed by atoms with Crippen LogP contribution in [0.15, 0.2) is 42.0 Å². The topological polar surface area (TPSA) is 6.48 Å². The van der Waals surface area contributed by atoms with Gasteiger partial charge >= 0.3 is 0 Å². The molecule has 1 atom stereocenters. The van der Waals surface area contributed by atoms with E-state index in [1.807, 2.05) is 0 Å². The van der Waals surface area contributed by atoms with Crippen LogP contribution in [0.2, 0.25) is 0 Å². The minimum atomic E-state index is 0.836. The van der Waals surface area contributed by atoms with E-state index in [0.717, 1.165) is 19.0 Å². The minimum absolute atomic E-state index is 0.836. The van der Waals surface area contributed by atoms with Gasteiger partial charge in [0.2, 0.25) is 0 Å². The van der Waals surface area contributed by atoms with E-state index in [4.69, 9.17) is 0 Å². The monoisotopic (exact) mass is 300 g/mol. The molecule has 1 saturated heterocycles. The van der Waals surface area contributed by atoms with Crippen LogP contribution in [0, 0.1) is 5.92 Å². The number of piperazine rings is 1. The smallest absolute Gasteiger partial charge is 0.0367 e. The van der Waals surface area contributed by atoms with Crippen LogP contribution in [0.5, 0.6) is 0 Å². The van der Waals surface area contributed by atoms with Gasteiger partial charge < -0.3 is 4.90 Å². The number of hydrogen-bond donors (Lipinski definition) is 0. The van der Waals surface area contributed by atoms with Crippen LogP contribution >= 0.6 is 0 Å². The molecule has 0 aliphatic carbocycles. The predicted molar refractivity (Wildman–Crippen MR) is 97.5 cm³/mol. The van der Waals surface area contributed by atoms with Crippen molar-refractivity contribution in [2.45, 2.75) is 40.0 Å². The van der Waals surface area contributed by atoms with Gasteiger partial charge in [0.25, 0.3) is 0 Å². The average molecular weight is 300 g/mol. The van der Waals surface area contributed by atoms with Crippen molar-refractivity contribution in [3.05, 3.63) is 42.0 Å². The van der Waals surface area contributed by atoms with Crippen LogP contribution in [0.25, 0.3) is 0 Å². The molecule has 1 fully saturated rings. The normalized spacial score (nSPS) is 17.3. The van der Waals surface area contributed by atoms with Gasteiger partial charge in [-0.1, -0.05) is 36.8 Å². The Labute approximate surface area is 136 Å². The maximum absolute atomic E-state index is 2.64. The lowest BCUT2D eigenvalue weighted by Crippen LogP contribution is -2.46. The highest BCUT2D eigenvalue weighted by molar-refractivity contribution is 5.46. The second-order valence-corrected chi connectivity index (χ2v) is 6.92. The van der Waals surface area contributed by atoms with Crippen LogP contribution in [-0.2, 0) is 0 Å². The molecule has 0 saturated carbocycles. The van der Waals surface area contributed by atoms with Gasteiger partial charge in [0.05, 0.1) is 0 Å². The molecular formula is C20H32N2. The zero-order valence-corrected chi connectivity index (χ0v) is 14.6. The summed E-state index contributed by atoms with van der Waals surface area (Å²) < 4.78 is 0. The summed E-state index contributed by atoms with van der Waals surface area (Å²) in [6, 6.07) is 10.8. The molecule has 0 radical (unpaired) electrons. The summed E-state index contributed by atoms with van der Waals surface area (Å²) in [5.41, 5.74) is 2.82. The number of nitrogens with zero attached hydrogens (tertiary/aromatic N) is 2. The minimum Gasteiger partial charge on any atom is -0.369 e. The van der Waals surface area contributed by atoms with Gasteiger partial charge in [-0.05, 0) is 57.7 Å². The van der Waals surface area contributed by atoms with Gasteiger partial charge in [-0.15, -0.1) is 0 Å². The summed E-state index contributed by atoms with van der Waals surface area (Å²) >= 11 is 0. The van der Waals surface area contributed by atoms with Gasteiger partial charge in [0.15, 0.2) is 0 Å². The molecule has 0 bridgehead atoms. The second kappa shape index (κ2) is 8.99. The van der Waals surface area contributed by atoms with Crippen molar-refractivity contribution in [2.75, 3.05) is 37.6 Å². The molecule has 0 N–H and O–H groups in total. The highest BCUT2D eigenvalue weighted by Crippen LogP contribution is 2.17. The average Bonchev–Trinajstić information content (AvgIpc) is 2.54. The van der Waals surface area contributed by atoms with Gasteiger partial charge in [-0.3, -0.25) is 4.90 Å². The van der Waals surface area contributed by atoms with Crippen molar-refractivity contribution in [2.24, 2.45) is 5.92 Å². The quantitative estimate of drug-likeness (QED) is 0.680. The lowest BCUT2D eigenvalue weighted by atomic mass is 10.0. The van der Waals surface area contributed by atoms with E-state index in [1.165, 1.54) is 50.2 Å². The van der Waals surface area contributed by atoms with E-state index in [9.17, 15) is 0 Å². The van der Waals surface area contributed by atoms with Crippen molar-refractivity contribution in [1.82, 2.24) is 4.90 Å². The first-order valence-corrected chi connectivity index (χ1v) is 8.81. The summed E-state index contributed by atoms with van der Waals surface area (Å²) in [4.78, 5) is 5.14. The molecule has 2 rings (SSSR count). The van der Waals surface area contributed by atoms with Crippen molar-refractivity contribution >= 4 is 5.69 Å². The van der Waals surface area contributed by atoms with Crippen LogP contribution in [0.3, 0.4) is 0 Å². The summed E-state index contributed by atoms with van der Waals surface area (Å²) in [6.07, 6.45) is 6.28. The van der Waals surface area contributed by atoms with Gasteiger partial charge in [-0.2, -0.15) is 0 Å². The molecule has 1 heterocycles. The van der Waals surface area contributed by atoms with Crippen molar-refractivity contribution in [3.8, 4) is 0 Å². The molecule has 2 nitrogen and oxygen atoms in total. The van der Waals surface area contributed by atoms with Gasteiger partial charge in [0.1, 0.15) is 0 Å². The fraction of sp³-hybridized carbons (Fsp3) is 0.600. The summed E-state index contributed by atoms with van der Waals surface area (Å²) in [7, 11) is 0. The Morgan fingerprint density at radius 1 is 1.05 bits per heavy atom. The van der Waals surface area contributed by atoms with E-state index >= 15 is 0 Å². The van der Waals surface area contributed by atoms with Crippen molar-refractivity contribution < 1.29 is 0 Å². The highest BCUT2D eigenvalue weighted by Gasteiger charge is 2.17. The number of para-hydroxylation sites is 1. The predicted octanol–water partition coefficient (Wildman–Crippen LogP) is 4.58. The zero-order valence-electron chi connectivity index (χ0n) is 14.6. The fourth-order valence-electron chi connectivity index (χ4n) is 3.07. The first-order valence-electron chi connectivity index (χ1n) is 8.81. The first kappa shape index (κ1) is 17.1. The first-order chi connectivity index (χ1) is 10.6. The van der Waals surface area contributed by atoms with E-state index in [-0.39, 0.29) is 0 Å². The molecule has 1 aliphatic heterocycles. The molecule has 1 aromatic rings. The molecule has 0 amide bonds. The summed E-state index contributed by atoms with van der Waals surface area (Å²) in [5, 5.41) is 0.